The van der Waals surface area contributed by atoms with E-state index in [0.29, 0.717) is 16.1 Å². The monoisotopic (exact) mass is 481 g/mol. The molecule has 0 aliphatic heterocycles. The first-order chi connectivity index (χ1) is 15.7. The molecule has 2 aromatic carbocycles. The first kappa shape index (κ1) is 22.6. The maximum Gasteiger partial charge on any atom is 0.255 e. The smallest absolute Gasteiger partial charge is 0.255 e. The van der Waals surface area contributed by atoms with Crippen LogP contribution in [0.15, 0.2) is 69.8 Å². The molecule has 0 atom stereocenters. The Balaban J connectivity index is 1.40. The molecule has 0 unspecified atom stereocenters. The largest absolute Gasteiger partial charge is 0.345 e. The minimum absolute atomic E-state index is 0.0347. The fraction of sp³-hybridized carbons (Fsp3) is 0.130. The number of ketones is 1. The van der Waals surface area contributed by atoms with Crippen LogP contribution in [0.4, 0.5) is 0 Å². The highest BCUT2D eigenvalue weighted by molar-refractivity contribution is 7.90. The van der Waals surface area contributed by atoms with Crippen molar-refractivity contribution in [3.05, 3.63) is 81.0 Å². The van der Waals surface area contributed by atoms with E-state index >= 15 is 0 Å². The molecule has 4 aromatic rings. The number of H-pyrrole nitrogens is 1. The molecule has 4 rings (SSSR count). The lowest BCUT2D eigenvalue weighted by Gasteiger charge is -2.05. The van der Waals surface area contributed by atoms with Crippen molar-refractivity contribution >= 4 is 43.6 Å². The van der Waals surface area contributed by atoms with Gasteiger partial charge in [-0.25, -0.2) is 13.4 Å². The summed E-state index contributed by atoms with van der Waals surface area (Å²) in [6, 6.07) is 12.9. The Bertz CT molecular complexity index is 1540. The number of Topliss-reactive ketones (excluding diaryl/α,β-unsaturated/α-hetero) is 1. The first-order valence-corrected chi connectivity index (χ1v) is 12.6. The summed E-state index contributed by atoms with van der Waals surface area (Å²) in [6.07, 6.45) is 2.70. The number of rotatable bonds is 7. The number of hydrogen-bond acceptors (Lipinski definition) is 7. The molecule has 0 fully saturated rings. The molecule has 2 aromatic heterocycles. The van der Waals surface area contributed by atoms with Crippen LogP contribution in [0.5, 0.6) is 0 Å². The lowest BCUT2D eigenvalue weighted by Crippen LogP contribution is -2.30. The third-order valence-corrected chi connectivity index (χ3v) is 6.90. The molecule has 0 spiro atoms. The van der Waals surface area contributed by atoms with Crippen LogP contribution in [0, 0.1) is 0 Å². The lowest BCUT2D eigenvalue weighted by atomic mass is 10.1. The van der Waals surface area contributed by atoms with Gasteiger partial charge in [0.15, 0.2) is 15.6 Å². The van der Waals surface area contributed by atoms with Gasteiger partial charge in [0.1, 0.15) is 5.01 Å². The summed E-state index contributed by atoms with van der Waals surface area (Å²) in [4.78, 5) is 43.9. The second-order valence-corrected chi connectivity index (χ2v) is 10.4. The van der Waals surface area contributed by atoms with Gasteiger partial charge < -0.3 is 10.3 Å². The highest BCUT2D eigenvalue weighted by Gasteiger charge is 2.14. The molecular formula is C23H19N3O5S2. The van der Waals surface area contributed by atoms with Crippen molar-refractivity contribution in [1.29, 1.82) is 0 Å². The van der Waals surface area contributed by atoms with Crippen LogP contribution in [-0.4, -0.2) is 42.9 Å². The Kier molecular flexibility index (Phi) is 6.21. The van der Waals surface area contributed by atoms with Crippen LogP contribution in [0.3, 0.4) is 0 Å². The predicted octanol–water partition coefficient (Wildman–Crippen LogP) is 2.60. The fourth-order valence-electron chi connectivity index (χ4n) is 3.25. The molecule has 33 heavy (non-hydrogen) atoms. The van der Waals surface area contributed by atoms with Gasteiger partial charge >= 0.3 is 0 Å². The quantitative estimate of drug-likeness (QED) is 0.418. The third-order valence-electron chi connectivity index (χ3n) is 4.94. The van der Waals surface area contributed by atoms with Gasteiger partial charge in [-0.2, -0.15) is 0 Å². The van der Waals surface area contributed by atoms with Gasteiger partial charge in [-0.1, -0.05) is 18.2 Å². The van der Waals surface area contributed by atoms with E-state index in [0.717, 1.165) is 17.2 Å². The average molecular weight is 482 g/mol. The topological polar surface area (TPSA) is 126 Å². The maximum atomic E-state index is 12.4. The fourth-order valence-corrected chi connectivity index (χ4v) is 4.75. The van der Waals surface area contributed by atoms with E-state index in [4.69, 9.17) is 0 Å². The second-order valence-electron chi connectivity index (χ2n) is 7.43. The van der Waals surface area contributed by atoms with Gasteiger partial charge in [-0.05, 0) is 35.7 Å². The number of hydrogen-bond donors (Lipinski definition) is 2. The zero-order valence-electron chi connectivity index (χ0n) is 17.5. The number of aromatic nitrogens is 2. The number of nitrogens with one attached hydrogen (secondary N) is 2. The van der Waals surface area contributed by atoms with Crippen molar-refractivity contribution < 1.29 is 18.0 Å². The van der Waals surface area contributed by atoms with Crippen LogP contribution in [0.2, 0.25) is 0 Å². The molecule has 0 aliphatic rings. The van der Waals surface area contributed by atoms with E-state index in [2.05, 4.69) is 15.3 Å². The SMILES string of the molecule is CS(=O)(=O)c1cccc(C(=O)NCC(=O)Cc2nc(-c3ccc4cc[nH]c(=O)c4c3)cs2)c1. The Morgan fingerprint density at radius 1 is 1.12 bits per heavy atom. The minimum atomic E-state index is -3.44. The molecule has 2 N–H and O–H groups in total. The number of benzene rings is 2. The first-order valence-electron chi connectivity index (χ1n) is 9.87. The lowest BCUT2D eigenvalue weighted by molar-refractivity contribution is -0.117. The molecular weight excluding hydrogens is 462 g/mol. The van der Waals surface area contributed by atoms with Crippen LogP contribution in [0.25, 0.3) is 22.0 Å². The number of carbonyl (C=O) groups excluding carboxylic acids is 2. The molecule has 0 saturated carbocycles. The van der Waals surface area contributed by atoms with Crippen molar-refractivity contribution in [1.82, 2.24) is 15.3 Å². The van der Waals surface area contributed by atoms with Crippen LogP contribution >= 0.6 is 11.3 Å². The number of sulfone groups is 1. The van der Waals surface area contributed by atoms with Gasteiger partial charge in [0.05, 0.1) is 23.6 Å². The van der Waals surface area contributed by atoms with Crippen molar-refractivity contribution in [3.63, 3.8) is 0 Å². The van der Waals surface area contributed by atoms with E-state index in [-0.39, 0.29) is 34.8 Å². The van der Waals surface area contributed by atoms with Crippen LogP contribution < -0.4 is 10.9 Å². The number of amides is 1. The van der Waals surface area contributed by atoms with E-state index in [9.17, 15) is 22.8 Å². The number of carbonyl (C=O) groups is 2. The number of nitrogens with zero attached hydrogens (tertiary/aromatic N) is 1. The van der Waals surface area contributed by atoms with Crippen molar-refractivity contribution in [2.24, 2.45) is 0 Å². The van der Waals surface area contributed by atoms with Gasteiger partial charge in [0.25, 0.3) is 11.5 Å². The minimum Gasteiger partial charge on any atom is -0.345 e. The molecule has 168 valence electrons. The maximum absolute atomic E-state index is 12.4. The molecule has 0 bridgehead atoms. The highest BCUT2D eigenvalue weighted by Crippen LogP contribution is 2.24. The summed E-state index contributed by atoms with van der Waals surface area (Å²) in [6.45, 7) is -0.206. The number of aromatic amines is 1. The van der Waals surface area contributed by atoms with Crippen molar-refractivity contribution in [2.75, 3.05) is 12.8 Å². The van der Waals surface area contributed by atoms with Crippen molar-refractivity contribution in [2.45, 2.75) is 11.3 Å². The van der Waals surface area contributed by atoms with Crippen LogP contribution in [0.1, 0.15) is 15.4 Å². The van der Waals surface area contributed by atoms with E-state index < -0.39 is 15.7 Å². The van der Waals surface area contributed by atoms with E-state index in [1.807, 2.05) is 23.6 Å². The number of thiazole rings is 1. The summed E-state index contributed by atoms with van der Waals surface area (Å²) in [5.41, 5.74) is 1.41. The zero-order valence-corrected chi connectivity index (χ0v) is 19.1. The van der Waals surface area contributed by atoms with E-state index in [1.54, 1.807) is 12.3 Å². The molecule has 0 saturated heterocycles. The summed E-state index contributed by atoms with van der Waals surface area (Å²) in [5, 5.41) is 6.31. The van der Waals surface area contributed by atoms with Crippen LogP contribution in [-0.2, 0) is 21.1 Å². The van der Waals surface area contributed by atoms with E-state index in [1.165, 1.54) is 35.6 Å². The molecule has 1 amide bonds. The second kappa shape index (κ2) is 9.08. The number of fused-ring (bicyclic) bond motifs is 1. The van der Waals surface area contributed by atoms with Gasteiger partial charge in [0, 0.05) is 34.3 Å². The highest BCUT2D eigenvalue weighted by atomic mass is 32.2. The molecule has 2 heterocycles. The summed E-state index contributed by atoms with van der Waals surface area (Å²) < 4.78 is 23.3. The zero-order chi connectivity index (χ0) is 23.6. The molecule has 0 aliphatic carbocycles. The predicted molar refractivity (Wildman–Crippen MR) is 126 cm³/mol. The Morgan fingerprint density at radius 2 is 1.94 bits per heavy atom. The Morgan fingerprint density at radius 3 is 2.73 bits per heavy atom. The standard InChI is InChI=1S/C23H19N3O5S2/c1-33(30,31)18-4-2-3-16(9-18)22(28)25-12-17(27)11-21-26-20(13-32-21)15-6-5-14-7-8-24-23(29)19(14)10-15/h2-10,13H,11-12H2,1H3,(H,24,29)(H,25,28). The summed E-state index contributed by atoms with van der Waals surface area (Å²) in [7, 11) is -3.44. The summed E-state index contributed by atoms with van der Waals surface area (Å²) in [5.74, 6) is -0.770. The normalized spacial score (nSPS) is 11.4. The third kappa shape index (κ3) is 5.24. The Labute approximate surface area is 193 Å². The summed E-state index contributed by atoms with van der Waals surface area (Å²) >= 11 is 1.32. The number of pyridine rings is 1. The molecule has 8 nitrogen and oxygen atoms in total. The average Bonchev–Trinajstić information content (AvgIpc) is 3.25. The molecule has 10 heteroatoms. The van der Waals surface area contributed by atoms with Gasteiger partial charge in [0.2, 0.25) is 0 Å². The Hall–Kier alpha value is -3.63. The molecule has 0 radical (unpaired) electrons. The van der Waals surface area contributed by atoms with Crippen molar-refractivity contribution in [3.8, 4) is 11.3 Å². The van der Waals surface area contributed by atoms with Gasteiger partial charge in [-0.15, -0.1) is 11.3 Å². The van der Waals surface area contributed by atoms with Gasteiger partial charge in [-0.3, -0.25) is 14.4 Å².